The van der Waals surface area contributed by atoms with Gasteiger partial charge < -0.3 is 10.1 Å². The van der Waals surface area contributed by atoms with Crippen molar-refractivity contribution >= 4 is 17.8 Å². The lowest BCUT2D eigenvalue weighted by molar-refractivity contribution is -0.196. The molecule has 0 aromatic heterocycles. The van der Waals surface area contributed by atoms with Crippen molar-refractivity contribution in [1.29, 1.82) is 0 Å². The first kappa shape index (κ1) is 15.7. The molecule has 1 amide bonds. The van der Waals surface area contributed by atoms with Crippen LogP contribution in [0.4, 0.5) is 0 Å². The van der Waals surface area contributed by atoms with Gasteiger partial charge in [0.15, 0.2) is 5.41 Å². The SMILES string of the molecule is CC12CCC(C(=O)NCc3ccccc3)(C(=O)OC1=O)C2(C)C. The van der Waals surface area contributed by atoms with Gasteiger partial charge in [-0.15, -0.1) is 0 Å². The number of hydrogen-bond donors (Lipinski definition) is 1. The van der Waals surface area contributed by atoms with Crippen molar-refractivity contribution in [2.75, 3.05) is 0 Å². The van der Waals surface area contributed by atoms with E-state index < -0.39 is 28.2 Å². The van der Waals surface area contributed by atoms with E-state index in [0.29, 0.717) is 19.4 Å². The number of rotatable bonds is 3. The zero-order valence-electron chi connectivity index (χ0n) is 13.6. The molecular weight excluding hydrogens is 294 g/mol. The summed E-state index contributed by atoms with van der Waals surface area (Å²) in [5, 5.41) is 2.85. The van der Waals surface area contributed by atoms with Crippen LogP contribution in [0.15, 0.2) is 30.3 Å². The molecule has 1 saturated heterocycles. The van der Waals surface area contributed by atoms with Crippen LogP contribution in [0.2, 0.25) is 0 Å². The van der Waals surface area contributed by atoms with Gasteiger partial charge in [-0.25, -0.2) is 0 Å². The maximum atomic E-state index is 12.9. The summed E-state index contributed by atoms with van der Waals surface area (Å²) in [7, 11) is 0. The predicted molar refractivity (Wildman–Crippen MR) is 82.9 cm³/mol. The molecule has 0 spiro atoms. The Labute approximate surface area is 135 Å². The molecule has 2 atom stereocenters. The fourth-order valence-electron chi connectivity index (χ4n) is 3.95. The monoisotopic (exact) mass is 315 g/mol. The number of esters is 2. The molecule has 1 saturated carbocycles. The van der Waals surface area contributed by atoms with E-state index in [-0.39, 0.29) is 5.91 Å². The van der Waals surface area contributed by atoms with Gasteiger partial charge >= 0.3 is 11.9 Å². The van der Waals surface area contributed by atoms with E-state index in [1.165, 1.54) is 0 Å². The Morgan fingerprint density at radius 2 is 1.74 bits per heavy atom. The Bertz CT molecular complexity index is 682. The van der Waals surface area contributed by atoms with Crippen molar-refractivity contribution in [3.63, 3.8) is 0 Å². The van der Waals surface area contributed by atoms with Crippen molar-refractivity contribution < 1.29 is 19.1 Å². The summed E-state index contributed by atoms with van der Waals surface area (Å²) in [5.74, 6) is -1.59. The molecule has 5 nitrogen and oxygen atoms in total. The maximum Gasteiger partial charge on any atom is 0.329 e. The van der Waals surface area contributed by atoms with Gasteiger partial charge in [0.2, 0.25) is 5.91 Å². The number of carbonyl (C=O) groups is 3. The van der Waals surface area contributed by atoms with Crippen LogP contribution in [-0.4, -0.2) is 17.8 Å². The molecular formula is C18H21NO4. The normalized spacial score (nSPS) is 31.6. The van der Waals surface area contributed by atoms with Crippen molar-refractivity contribution in [2.24, 2.45) is 16.2 Å². The van der Waals surface area contributed by atoms with E-state index in [4.69, 9.17) is 4.74 Å². The third kappa shape index (κ3) is 1.89. The first-order valence-electron chi connectivity index (χ1n) is 7.85. The number of carbonyl (C=O) groups excluding carboxylic acids is 3. The van der Waals surface area contributed by atoms with Crippen molar-refractivity contribution in [2.45, 2.75) is 40.2 Å². The summed E-state index contributed by atoms with van der Waals surface area (Å²) in [6.07, 6.45) is 0.811. The van der Waals surface area contributed by atoms with E-state index in [0.717, 1.165) is 5.56 Å². The van der Waals surface area contributed by atoms with Gasteiger partial charge in [-0.2, -0.15) is 0 Å². The summed E-state index contributed by atoms with van der Waals surface area (Å²) >= 11 is 0. The number of benzene rings is 1. The van der Waals surface area contributed by atoms with Crippen LogP contribution >= 0.6 is 0 Å². The van der Waals surface area contributed by atoms with Crippen LogP contribution in [0, 0.1) is 16.2 Å². The molecule has 0 radical (unpaired) electrons. The summed E-state index contributed by atoms with van der Waals surface area (Å²) in [6, 6.07) is 9.50. The molecule has 122 valence electrons. The standard InChI is InChI=1S/C18H21NO4/c1-16(2)17(3)9-10-18(16,15(22)23-14(17)21)13(20)19-11-12-7-5-4-6-8-12/h4-8H,9-11H2,1-3H3,(H,19,20). The zero-order valence-corrected chi connectivity index (χ0v) is 13.6. The Morgan fingerprint density at radius 1 is 1.09 bits per heavy atom. The number of fused-ring (bicyclic) bond motifs is 2. The minimum absolute atomic E-state index is 0.335. The minimum Gasteiger partial charge on any atom is -0.392 e. The van der Waals surface area contributed by atoms with E-state index in [2.05, 4.69) is 5.32 Å². The summed E-state index contributed by atoms with van der Waals surface area (Å²) in [4.78, 5) is 37.6. The molecule has 1 aromatic carbocycles. The highest BCUT2D eigenvalue weighted by Crippen LogP contribution is 2.66. The fourth-order valence-corrected chi connectivity index (χ4v) is 3.95. The Hall–Kier alpha value is -2.17. The van der Waals surface area contributed by atoms with Crippen molar-refractivity contribution in [1.82, 2.24) is 5.32 Å². The number of nitrogens with one attached hydrogen (secondary N) is 1. The smallest absolute Gasteiger partial charge is 0.329 e. The van der Waals surface area contributed by atoms with E-state index in [1.54, 1.807) is 6.92 Å². The van der Waals surface area contributed by atoms with Crippen LogP contribution in [0.5, 0.6) is 0 Å². The third-order valence-electron chi connectivity index (χ3n) is 6.11. The molecule has 1 aromatic rings. The van der Waals surface area contributed by atoms with Crippen LogP contribution in [0.25, 0.3) is 0 Å². The van der Waals surface area contributed by atoms with Gasteiger partial charge in [0, 0.05) is 12.0 Å². The topological polar surface area (TPSA) is 72.5 Å². The van der Waals surface area contributed by atoms with Gasteiger partial charge in [0.1, 0.15) is 0 Å². The van der Waals surface area contributed by atoms with Crippen LogP contribution < -0.4 is 5.32 Å². The van der Waals surface area contributed by atoms with E-state index in [9.17, 15) is 14.4 Å². The average Bonchev–Trinajstić information content (AvgIpc) is 2.67. The molecule has 3 rings (SSSR count). The lowest BCUT2D eigenvalue weighted by Crippen LogP contribution is -2.62. The quantitative estimate of drug-likeness (QED) is 0.685. The van der Waals surface area contributed by atoms with Gasteiger partial charge in [-0.05, 0) is 25.3 Å². The molecule has 2 aliphatic rings. The molecule has 2 bridgehead atoms. The number of amides is 1. The zero-order chi connectivity index (χ0) is 16.9. The number of cyclic esters (lactones) is 2. The predicted octanol–water partition coefficient (Wildman–Crippen LogP) is 2.20. The summed E-state index contributed by atoms with van der Waals surface area (Å²) in [5.41, 5.74) is -1.95. The maximum absolute atomic E-state index is 12.9. The second kappa shape index (κ2) is 4.91. The molecule has 1 heterocycles. The second-order valence-corrected chi connectivity index (χ2v) is 7.21. The molecule has 1 aliphatic carbocycles. The molecule has 2 fully saturated rings. The van der Waals surface area contributed by atoms with Gasteiger partial charge in [0.05, 0.1) is 5.41 Å². The Balaban J connectivity index is 1.89. The molecule has 5 heteroatoms. The largest absolute Gasteiger partial charge is 0.392 e. The molecule has 1 aliphatic heterocycles. The highest BCUT2D eigenvalue weighted by atomic mass is 16.6. The van der Waals surface area contributed by atoms with E-state index in [1.807, 2.05) is 44.2 Å². The van der Waals surface area contributed by atoms with Gasteiger partial charge in [-0.3, -0.25) is 14.4 Å². The number of hydrogen-bond acceptors (Lipinski definition) is 4. The third-order valence-corrected chi connectivity index (χ3v) is 6.11. The number of ether oxygens (including phenoxy) is 1. The minimum atomic E-state index is -1.30. The van der Waals surface area contributed by atoms with Crippen molar-refractivity contribution in [3.05, 3.63) is 35.9 Å². The first-order chi connectivity index (χ1) is 10.8. The van der Waals surface area contributed by atoms with Crippen molar-refractivity contribution in [3.8, 4) is 0 Å². The highest BCUT2D eigenvalue weighted by molar-refractivity contribution is 6.11. The lowest BCUT2D eigenvalue weighted by atomic mass is 9.57. The van der Waals surface area contributed by atoms with Crippen LogP contribution in [0.3, 0.4) is 0 Å². The van der Waals surface area contributed by atoms with Crippen LogP contribution in [0.1, 0.15) is 39.2 Å². The first-order valence-corrected chi connectivity index (χ1v) is 7.85. The van der Waals surface area contributed by atoms with E-state index >= 15 is 0 Å². The molecule has 23 heavy (non-hydrogen) atoms. The summed E-state index contributed by atoms with van der Waals surface area (Å²) in [6.45, 7) is 5.77. The Kier molecular flexibility index (Phi) is 3.36. The Morgan fingerprint density at radius 3 is 2.39 bits per heavy atom. The summed E-state index contributed by atoms with van der Waals surface area (Å²) < 4.78 is 4.95. The average molecular weight is 315 g/mol. The second-order valence-electron chi connectivity index (χ2n) is 7.21. The molecule has 2 unspecified atom stereocenters. The highest BCUT2D eigenvalue weighted by Gasteiger charge is 2.75. The van der Waals surface area contributed by atoms with Gasteiger partial charge in [0.25, 0.3) is 0 Å². The lowest BCUT2D eigenvalue weighted by Gasteiger charge is -2.48. The fraction of sp³-hybridized carbons (Fsp3) is 0.500. The molecule has 1 N–H and O–H groups in total. The van der Waals surface area contributed by atoms with Crippen LogP contribution in [-0.2, 0) is 25.7 Å². The van der Waals surface area contributed by atoms with Gasteiger partial charge in [-0.1, -0.05) is 44.2 Å².